The van der Waals surface area contributed by atoms with Crippen LogP contribution in [0.1, 0.15) is 57.1 Å². The summed E-state index contributed by atoms with van der Waals surface area (Å²) in [6.45, 7) is 4.73. The number of ether oxygens (including phenoxy) is 1. The SMILES string of the molecule is CCCCCCC(=O)OC(C)(NCc1ccccc1)c1ccccc1. The summed E-state index contributed by atoms with van der Waals surface area (Å²) in [5, 5.41) is 3.42. The van der Waals surface area contributed by atoms with Gasteiger partial charge < -0.3 is 4.74 Å². The lowest BCUT2D eigenvalue weighted by Gasteiger charge is -2.31. The average Bonchev–Trinajstić information content (AvgIpc) is 2.65. The molecule has 3 heteroatoms. The van der Waals surface area contributed by atoms with Crippen LogP contribution in [0.4, 0.5) is 0 Å². The molecule has 1 unspecified atom stereocenters. The Morgan fingerprint density at radius 3 is 2.24 bits per heavy atom. The van der Waals surface area contributed by atoms with Crippen LogP contribution in [0.3, 0.4) is 0 Å². The van der Waals surface area contributed by atoms with E-state index in [1.807, 2.05) is 55.5 Å². The molecule has 0 bridgehead atoms. The van der Waals surface area contributed by atoms with E-state index in [1.54, 1.807) is 0 Å². The molecule has 2 rings (SSSR count). The zero-order chi connectivity index (χ0) is 18.0. The molecule has 0 amide bonds. The van der Waals surface area contributed by atoms with E-state index in [1.165, 1.54) is 0 Å². The van der Waals surface area contributed by atoms with E-state index < -0.39 is 5.72 Å². The first kappa shape index (κ1) is 19.2. The molecule has 0 aliphatic rings. The van der Waals surface area contributed by atoms with Crippen LogP contribution in [-0.4, -0.2) is 5.97 Å². The van der Waals surface area contributed by atoms with Crippen LogP contribution < -0.4 is 5.32 Å². The fourth-order valence-corrected chi connectivity index (χ4v) is 2.79. The molecule has 134 valence electrons. The van der Waals surface area contributed by atoms with E-state index in [9.17, 15) is 4.79 Å². The maximum atomic E-state index is 12.3. The molecule has 0 heterocycles. The van der Waals surface area contributed by atoms with Crippen LogP contribution in [0.25, 0.3) is 0 Å². The second-order valence-electron chi connectivity index (χ2n) is 6.52. The third-order valence-electron chi connectivity index (χ3n) is 4.35. The molecule has 1 N–H and O–H groups in total. The summed E-state index contributed by atoms with van der Waals surface area (Å²) in [4.78, 5) is 12.3. The van der Waals surface area contributed by atoms with Gasteiger partial charge in [0.2, 0.25) is 0 Å². The number of nitrogens with one attached hydrogen (secondary N) is 1. The highest BCUT2D eigenvalue weighted by atomic mass is 16.6. The fraction of sp³-hybridized carbons (Fsp3) is 0.409. The van der Waals surface area contributed by atoms with Crippen molar-refractivity contribution in [1.82, 2.24) is 5.32 Å². The second kappa shape index (κ2) is 10.00. The van der Waals surface area contributed by atoms with Gasteiger partial charge in [0.1, 0.15) is 0 Å². The summed E-state index contributed by atoms with van der Waals surface area (Å²) in [5.41, 5.74) is 1.27. The predicted molar refractivity (Wildman–Crippen MR) is 102 cm³/mol. The third kappa shape index (κ3) is 6.35. The van der Waals surface area contributed by atoms with E-state index in [0.717, 1.165) is 36.8 Å². The molecule has 0 aliphatic carbocycles. The van der Waals surface area contributed by atoms with E-state index in [0.29, 0.717) is 13.0 Å². The molecule has 0 saturated carbocycles. The molecule has 2 aromatic carbocycles. The smallest absolute Gasteiger partial charge is 0.307 e. The number of hydrogen-bond acceptors (Lipinski definition) is 3. The number of benzene rings is 2. The molecule has 0 saturated heterocycles. The van der Waals surface area contributed by atoms with E-state index >= 15 is 0 Å². The first-order valence-electron chi connectivity index (χ1n) is 9.20. The number of esters is 1. The minimum Gasteiger partial charge on any atom is -0.440 e. The highest BCUT2D eigenvalue weighted by Crippen LogP contribution is 2.24. The second-order valence-corrected chi connectivity index (χ2v) is 6.52. The van der Waals surface area contributed by atoms with Gasteiger partial charge in [0.15, 0.2) is 5.72 Å². The first-order chi connectivity index (χ1) is 12.1. The number of carbonyl (C=O) groups excluding carboxylic acids is 1. The van der Waals surface area contributed by atoms with Crippen molar-refractivity contribution >= 4 is 5.97 Å². The van der Waals surface area contributed by atoms with Crippen molar-refractivity contribution in [2.24, 2.45) is 0 Å². The number of unbranched alkanes of at least 4 members (excludes halogenated alkanes) is 3. The summed E-state index contributed by atoms with van der Waals surface area (Å²) >= 11 is 0. The van der Waals surface area contributed by atoms with Crippen LogP contribution in [0.5, 0.6) is 0 Å². The Hall–Kier alpha value is -2.13. The maximum absolute atomic E-state index is 12.3. The molecule has 2 aromatic rings. The molecular formula is C22H29NO2. The zero-order valence-corrected chi connectivity index (χ0v) is 15.3. The van der Waals surface area contributed by atoms with Crippen LogP contribution in [0, 0.1) is 0 Å². The molecule has 0 radical (unpaired) electrons. The monoisotopic (exact) mass is 339 g/mol. The Kier molecular flexibility index (Phi) is 7.68. The lowest BCUT2D eigenvalue weighted by atomic mass is 10.0. The average molecular weight is 339 g/mol. The number of carbonyl (C=O) groups is 1. The lowest BCUT2D eigenvalue weighted by molar-refractivity contribution is -0.163. The Morgan fingerprint density at radius 2 is 1.60 bits per heavy atom. The largest absolute Gasteiger partial charge is 0.440 e. The Labute approximate surface area is 151 Å². The zero-order valence-electron chi connectivity index (χ0n) is 15.3. The summed E-state index contributed by atoms with van der Waals surface area (Å²) in [6.07, 6.45) is 4.75. The van der Waals surface area contributed by atoms with Gasteiger partial charge in [-0.05, 0) is 18.9 Å². The lowest BCUT2D eigenvalue weighted by Crippen LogP contribution is -2.43. The summed E-state index contributed by atoms with van der Waals surface area (Å²) < 4.78 is 5.88. The van der Waals surface area contributed by atoms with Crippen molar-refractivity contribution in [2.75, 3.05) is 0 Å². The molecule has 3 nitrogen and oxygen atoms in total. The van der Waals surface area contributed by atoms with Gasteiger partial charge in [0.05, 0.1) is 0 Å². The van der Waals surface area contributed by atoms with Gasteiger partial charge >= 0.3 is 5.97 Å². The van der Waals surface area contributed by atoms with Crippen molar-refractivity contribution < 1.29 is 9.53 Å². The van der Waals surface area contributed by atoms with Gasteiger partial charge in [0.25, 0.3) is 0 Å². The maximum Gasteiger partial charge on any atom is 0.307 e. The molecule has 25 heavy (non-hydrogen) atoms. The van der Waals surface area contributed by atoms with Gasteiger partial charge in [-0.3, -0.25) is 10.1 Å². The molecular weight excluding hydrogens is 310 g/mol. The van der Waals surface area contributed by atoms with Crippen LogP contribution in [0.2, 0.25) is 0 Å². The van der Waals surface area contributed by atoms with Gasteiger partial charge in [0, 0.05) is 18.5 Å². The van der Waals surface area contributed by atoms with Crippen molar-refractivity contribution in [1.29, 1.82) is 0 Å². The predicted octanol–water partition coefficient (Wildman–Crippen LogP) is 5.16. The molecule has 0 spiro atoms. The van der Waals surface area contributed by atoms with Gasteiger partial charge in [-0.15, -0.1) is 0 Å². The topological polar surface area (TPSA) is 38.3 Å². The highest BCUT2D eigenvalue weighted by Gasteiger charge is 2.30. The van der Waals surface area contributed by atoms with E-state index in [2.05, 4.69) is 24.4 Å². The van der Waals surface area contributed by atoms with Gasteiger partial charge in [-0.1, -0.05) is 86.8 Å². The molecule has 0 aliphatic heterocycles. The quantitative estimate of drug-likeness (QED) is 0.369. The Morgan fingerprint density at radius 1 is 0.960 bits per heavy atom. The van der Waals surface area contributed by atoms with E-state index in [4.69, 9.17) is 4.74 Å². The standard InChI is InChI=1S/C22H29NO2/c1-3-4-5-12-17-21(24)25-22(2,20-15-10-7-11-16-20)23-18-19-13-8-6-9-14-19/h6-11,13-16,23H,3-5,12,17-18H2,1-2H3. The summed E-state index contributed by atoms with van der Waals surface area (Å²) in [5.74, 6) is -0.150. The van der Waals surface area contributed by atoms with Crippen LogP contribution in [0.15, 0.2) is 60.7 Å². The summed E-state index contributed by atoms with van der Waals surface area (Å²) in [6, 6.07) is 20.0. The fourth-order valence-electron chi connectivity index (χ4n) is 2.79. The van der Waals surface area contributed by atoms with Crippen molar-refractivity contribution in [2.45, 2.75) is 58.2 Å². The highest BCUT2D eigenvalue weighted by molar-refractivity contribution is 5.70. The molecule has 0 fully saturated rings. The minimum absolute atomic E-state index is 0.150. The first-order valence-corrected chi connectivity index (χ1v) is 9.20. The molecule has 1 atom stereocenters. The van der Waals surface area contributed by atoms with E-state index in [-0.39, 0.29) is 5.97 Å². The van der Waals surface area contributed by atoms with Crippen LogP contribution in [-0.2, 0) is 21.8 Å². The minimum atomic E-state index is -0.834. The normalized spacial score (nSPS) is 13.2. The third-order valence-corrected chi connectivity index (χ3v) is 4.35. The number of hydrogen-bond donors (Lipinski definition) is 1. The molecule has 0 aromatic heterocycles. The van der Waals surface area contributed by atoms with Gasteiger partial charge in [-0.25, -0.2) is 0 Å². The van der Waals surface area contributed by atoms with Crippen molar-refractivity contribution in [3.05, 3.63) is 71.8 Å². The van der Waals surface area contributed by atoms with Crippen molar-refractivity contribution in [3.8, 4) is 0 Å². The Bertz CT molecular complexity index is 627. The Balaban J connectivity index is 2.03. The van der Waals surface area contributed by atoms with Crippen LogP contribution >= 0.6 is 0 Å². The number of rotatable bonds is 10. The van der Waals surface area contributed by atoms with Crippen molar-refractivity contribution in [3.63, 3.8) is 0 Å². The summed E-state index contributed by atoms with van der Waals surface area (Å²) in [7, 11) is 0. The van der Waals surface area contributed by atoms with Gasteiger partial charge in [-0.2, -0.15) is 0 Å².